The van der Waals surface area contributed by atoms with E-state index in [2.05, 4.69) is 94.9 Å². The van der Waals surface area contributed by atoms with Gasteiger partial charge in [0.05, 0.1) is 11.0 Å². The molecular weight excluding hydrogens is 504 g/mol. The largest absolute Gasteiger partial charge is 0.254 e. The van der Waals surface area contributed by atoms with Gasteiger partial charge in [0.25, 0.3) is 0 Å². The Morgan fingerprint density at radius 3 is 1.33 bits per heavy atom. The fraction of sp³-hybridized carbons (Fsp3) is 0.111. The van der Waals surface area contributed by atoms with E-state index in [0.29, 0.717) is 0 Å². The average molecular weight is 528 g/mol. The van der Waals surface area contributed by atoms with Crippen LogP contribution in [0.15, 0.2) is 109 Å². The smallest absolute Gasteiger partial charge is 0.0964 e. The van der Waals surface area contributed by atoms with Crippen LogP contribution in [0.2, 0.25) is 0 Å². The molecule has 0 saturated heterocycles. The molecule has 1 radical (unpaired) electrons. The first kappa shape index (κ1) is 22.7. The van der Waals surface area contributed by atoms with Crippen LogP contribution in [0.5, 0.6) is 0 Å². The number of hydrogen-bond donors (Lipinski definition) is 0. The molecule has 0 spiro atoms. The van der Waals surface area contributed by atoms with Gasteiger partial charge in [0.1, 0.15) is 0 Å². The summed E-state index contributed by atoms with van der Waals surface area (Å²) in [6.45, 7) is 0. The van der Waals surface area contributed by atoms with Crippen LogP contribution in [0.4, 0.5) is 0 Å². The minimum Gasteiger partial charge on any atom is -0.254 e. The topological polar surface area (TPSA) is 25.8 Å². The van der Waals surface area contributed by atoms with Crippen molar-refractivity contribution >= 4 is 21.8 Å². The first-order chi connectivity index (χ1) is 14.4. The van der Waals surface area contributed by atoms with Crippen LogP contribution in [-0.4, -0.2) is 9.97 Å². The molecule has 2 heterocycles. The van der Waals surface area contributed by atoms with E-state index in [4.69, 9.17) is 0 Å². The van der Waals surface area contributed by atoms with E-state index in [0.717, 1.165) is 21.8 Å². The normalized spacial score (nSPS) is 10.1. The Morgan fingerprint density at radius 1 is 0.467 bits per heavy atom. The number of pyridine rings is 2. The number of rotatable bonds is 4. The average Bonchev–Trinajstić information content (AvgIpc) is 2.81. The van der Waals surface area contributed by atoms with Gasteiger partial charge in [0, 0.05) is 72.5 Å². The predicted octanol–water partition coefficient (Wildman–Crippen LogP) is 6.64. The van der Waals surface area contributed by atoms with Crippen LogP contribution >= 0.6 is 0 Å². The molecule has 0 atom stereocenters. The summed E-state index contributed by atoms with van der Waals surface area (Å²) in [5, 5.41) is 2.28. The summed E-state index contributed by atoms with van der Waals surface area (Å²) in [5.74, 6) is 0. The molecular formula is C27H24EuN2. The Kier molecular flexibility index (Phi) is 9.13. The van der Waals surface area contributed by atoms with E-state index < -0.39 is 0 Å². The Bertz CT molecular complexity index is 1080. The van der Waals surface area contributed by atoms with Crippen molar-refractivity contribution in [3.8, 4) is 0 Å². The number of aromatic nitrogens is 2. The second-order valence-electron chi connectivity index (χ2n) is 7.04. The van der Waals surface area contributed by atoms with Crippen molar-refractivity contribution in [2.45, 2.75) is 19.3 Å². The van der Waals surface area contributed by atoms with Gasteiger partial charge in [-0.25, -0.2) is 0 Å². The van der Waals surface area contributed by atoms with E-state index in [9.17, 15) is 0 Å². The van der Waals surface area contributed by atoms with E-state index in [1.807, 2.05) is 12.1 Å². The van der Waals surface area contributed by atoms with Crippen LogP contribution in [0.3, 0.4) is 0 Å². The fourth-order valence-corrected chi connectivity index (χ4v) is 3.47. The van der Waals surface area contributed by atoms with Crippen molar-refractivity contribution in [1.29, 1.82) is 0 Å². The molecule has 3 aromatic carbocycles. The summed E-state index contributed by atoms with van der Waals surface area (Å²) < 4.78 is 0. The van der Waals surface area contributed by atoms with Gasteiger partial charge in [-0.1, -0.05) is 84.9 Å². The Hall–Kier alpha value is -1.94. The molecule has 0 unspecified atom stereocenters. The van der Waals surface area contributed by atoms with Gasteiger partial charge in [0.2, 0.25) is 0 Å². The minimum absolute atomic E-state index is 0. The van der Waals surface area contributed by atoms with Gasteiger partial charge in [-0.2, -0.15) is 0 Å². The summed E-state index contributed by atoms with van der Waals surface area (Å²) in [5.41, 5.74) is 4.83. The Morgan fingerprint density at radius 2 is 0.900 bits per heavy atom. The van der Waals surface area contributed by atoms with Gasteiger partial charge in [0.15, 0.2) is 0 Å². The molecule has 0 aliphatic rings. The van der Waals surface area contributed by atoms with Crippen LogP contribution < -0.4 is 0 Å². The van der Waals surface area contributed by atoms with Crippen LogP contribution in [-0.2, 0) is 12.8 Å². The summed E-state index contributed by atoms with van der Waals surface area (Å²) in [4.78, 5) is 8.69. The monoisotopic (exact) mass is 529 g/mol. The third-order valence-electron chi connectivity index (χ3n) is 4.96. The van der Waals surface area contributed by atoms with E-state index >= 15 is 0 Å². The molecule has 0 saturated carbocycles. The molecule has 5 rings (SSSR count). The first-order valence-corrected chi connectivity index (χ1v) is 10.1. The molecule has 2 nitrogen and oxygen atoms in total. The fourth-order valence-electron chi connectivity index (χ4n) is 3.47. The van der Waals surface area contributed by atoms with Gasteiger partial charge in [-0.15, -0.1) is 0 Å². The summed E-state index contributed by atoms with van der Waals surface area (Å²) >= 11 is 0. The zero-order valence-corrected chi connectivity index (χ0v) is 19.2. The molecule has 2 aromatic heterocycles. The SMILES string of the molecule is [Eu].c1ccc(CCCc2ccccc2)cc1.c1cnc2c(c1)ccc1cccnc12. The van der Waals surface area contributed by atoms with Gasteiger partial charge >= 0.3 is 0 Å². The van der Waals surface area contributed by atoms with Gasteiger partial charge in [-0.3, -0.25) is 9.97 Å². The zero-order valence-electron chi connectivity index (χ0n) is 16.8. The van der Waals surface area contributed by atoms with Crippen molar-refractivity contribution in [1.82, 2.24) is 9.97 Å². The standard InChI is InChI=1S/C15H16.C12H8N2.Eu/c1-3-8-14(9-4-1)12-7-13-15-10-5-2-6-11-15;1-3-9-5-6-10-4-2-8-14-12(10)11(9)13-7-1;/h1-6,8-11H,7,12-13H2;1-8H;. The predicted molar refractivity (Wildman–Crippen MR) is 122 cm³/mol. The quantitative estimate of drug-likeness (QED) is 0.244. The minimum atomic E-state index is 0. The number of benzene rings is 3. The molecule has 0 aliphatic heterocycles. The van der Waals surface area contributed by atoms with Crippen molar-refractivity contribution in [2.75, 3.05) is 0 Å². The third kappa shape index (κ3) is 6.28. The third-order valence-corrected chi connectivity index (χ3v) is 4.96. The van der Waals surface area contributed by atoms with Crippen molar-refractivity contribution in [2.24, 2.45) is 0 Å². The van der Waals surface area contributed by atoms with Crippen molar-refractivity contribution < 1.29 is 49.4 Å². The maximum Gasteiger partial charge on any atom is 0.0964 e. The molecule has 5 aromatic rings. The van der Waals surface area contributed by atoms with Crippen molar-refractivity contribution in [3.05, 3.63) is 121 Å². The molecule has 0 bridgehead atoms. The second kappa shape index (κ2) is 12.0. The first-order valence-electron chi connectivity index (χ1n) is 10.1. The van der Waals surface area contributed by atoms with Crippen LogP contribution in [0, 0.1) is 49.4 Å². The number of hydrogen-bond acceptors (Lipinski definition) is 2. The summed E-state index contributed by atoms with van der Waals surface area (Å²) in [7, 11) is 0. The molecule has 0 aliphatic carbocycles. The molecule has 0 N–H and O–H groups in total. The summed E-state index contributed by atoms with van der Waals surface area (Å²) in [6, 6.07) is 33.5. The van der Waals surface area contributed by atoms with Crippen LogP contribution in [0.1, 0.15) is 17.5 Å². The Balaban J connectivity index is 0.000000165. The molecule has 30 heavy (non-hydrogen) atoms. The molecule has 0 fully saturated rings. The Labute approximate surface area is 218 Å². The summed E-state index contributed by atoms with van der Waals surface area (Å²) in [6.07, 6.45) is 7.19. The molecule has 3 heteroatoms. The molecule has 149 valence electrons. The second-order valence-corrected chi connectivity index (χ2v) is 7.04. The maximum absolute atomic E-state index is 4.35. The van der Waals surface area contributed by atoms with E-state index in [1.54, 1.807) is 12.4 Å². The van der Waals surface area contributed by atoms with Crippen LogP contribution in [0.25, 0.3) is 21.8 Å². The van der Waals surface area contributed by atoms with Gasteiger partial charge in [-0.05, 0) is 42.5 Å². The number of aryl methyl sites for hydroxylation is 2. The number of nitrogens with zero attached hydrogens (tertiary/aromatic N) is 2. The van der Waals surface area contributed by atoms with Gasteiger partial charge < -0.3 is 0 Å². The zero-order chi connectivity index (χ0) is 19.7. The van der Waals surface area contributed by atoms with Crippen molar-refractivity contribution in [3.63, 3.8) is 0 Å². The van der Waals surface area contributed by atoms with E-state index in [1.165, 1.54) is 30.4 Å². The number of fused-ring (bicyclic) bond motifs is 3. The maximum atomic E-state index is 4.35. The van der Waals surface area contributed by atoms with E-state index in [-0.39, 0.29) is 49.4 Å². The molecule has 0 amide bonds.